The van der Waals surface area contributed by atoms with Gasteiger partial charge in [-0.25, -0.2) is 0 Å². The number of Topliss-reactive ketones (excluding diaryl/α,β-unsaturated/α-hetero) is 1. The zero-order valence-electron chi connectivity index (χ0n) is 11.9. The average molecular weight is 248 g/mol. The molecule has 100 valence electrons. The lowest BCUT2D eigenvalue weighted by Gasteiger charge is -2.29. The van der Waals surface area contributed by atoms with Gasteiger partial charge in [-0.15, -0.1) is 0 Å². The summed E-state index contributed by atoms with van der Waals surface area (Å²) in [6, 6.07) is 2.47. The second-order valence-electron chi connectivity index (χ2n) is 5.93. The molecule has 18 heavy (non-hydrogen) atoms. The highest BCUT2D eigenvalue weighted by Gasteiger charge is 2.25. The summed E-state index contributed by atoms with van der Waals surface area (Å²) in [5.41, 5.74) is 2.22. The third-order valence-corrected chi connectivity index (χ3v) is 3.82. The van der Waals surface area contributed by atoms with E-state index in [1.807, 2.05) is 6.07 Å². The van der Waals surface area contributed by atoms with Gasteiger partial charge in [0.25, 0.3) is 0 Å². The second-order valence-corrected chi connectivity index (χ2v) is 5.93. The maximum atomic E-state index is 11.9. The molecular weight excluding hydrogens is 224 g/mol. The third kappa shape index (κ3) is 2.51. The Morgan fingerprint density at radius 1 is 1.33 bits per heavy atom. The van der Waals surface area contributed by atoms with Crippen LogP contribution in [-0.2, 0) is 6.42 Å². The topological polar surface area (TPSA) is 25.2 Å². The third-order valence-electron chi connectivity index (χ3n) is 3.82. The van der Waals surface area contributed by atoms with Gasteiger partial charge in [0.05, 0.1) is 0 Å². The van der Waals surface area contributed by atoms with Crippen molar-refractivity contribution >= 4 is 5.78 Å². The molecule has 0 aliphatic heterocycles. The first-order valence-electron chi connectivity index (χ1n) is 6.88. The smallest absolute Gasteiger partial charge is 0.164 e. The monoisotopic (exact) mass is 248 g/mol. The van der Waals surface area contributed by atoms with Gasteiger partial charge in [0.15, 0.2) is 5.78 Å². The largest absolute Gasteiger partial charge is 0.346 e. The molecular formula is C15H24N2O. The SMILES string of the molecule is CC(C)C(CN(C)C)n1ccc2c1CCCC2=O. The number of likely N-dealkylation sites (N-methyl/N-ethyl adjacent to an activating group) is 1. The molecule has 0 saturated carbocycles. The number of nitrogens with zero attached hydrogens (tertiary/aromatic N) is 2. The molecule has 0 amide bonds. The Morgan fingerprint density at radius 3 is 2.67 bits per heavy atom. The van der Waals surface area contributed by atoms with Crippen LogP contribution in [0, 0.1) is 5.92 Å². The Morgan fingerprint density at radius 2 is 2.06 bits per heavy atom. The highest BCUT2D eigenvalue weighted by atomic mass is 16.1. The van der Waals surface area contributed by atoms with Gasteiger partial charge in [0.2, 0.25) is 0 Å². The lowest BCUT2D eigenvalue weighted by molar-refractivity contribution is 0.0971. The summed E-state index contributed by atoms with van der Waals surface area (Å²) in [4.78, 5) is 14.1. The van der Waals surface area contributed by atoms with Gasteiger partial charge in [-0.05, 0) is 38.9 Å². The van der Waals surface area contributed by atoms with Crippen molar-refractivity contribution < 1.29 is 4.79 Å². The highest BCUT2D eigenvalue weighted by molar-refractivity contribution is 5.98. The molecule has 3 nitrogen and oxygen atoms in total. The van der Waals surface area contributed by atoms with E-state index in [2.05, 4.69) is 43.6 Å². The lowest BCUT2D eigenvalue weighted by Crippen LogP contribution is -2.29. The Hall–Kier alpha value is -1.09. The predicted molar refractivity (Wildman–Crippen MR) is 74.1 cm³/mol. The molecule has 1 aromatic rings. The van der Waals surface area contributed by atoms with Crippen LogP contribution in [0.2, 0.25) is 0 Å². The molecule has 0 N–H and O–H groups in total. The van der Waals surface area contributed by atoms with Gasteiger partial charge < -0.3 is 9.47 Å². The number of hydrogen-bond acceptors (Lipinski definition) is 2. The second kappa shape index (κ2) is 5.27. The van der Waals surface area contributed by atoms with Gasteiger partial charge in [-0.3, -0.25) is 4.79 Å². The van der Waals surface area contributed by atoms with Gasteiger partial charge >= 0.3 is 0 Å². The molecule has 0 radical (unpaired) electrons. The van der Waals surface area contributed by atoms with E-state index in [1.165, 1.54) is 5.69 Å². The summed E-state index contributed by atoms with van der Waals surface area (Å²) in [5, 5.41) is 0. The fraction of sp³-hybridized carbons (Fsp3) is 0.667. The Bertz CT molecular complexity index is 432. The molecule has 2 rings (SSSR count). The van der Waals surface area contributed by atoms with Crippen LogP contribution >= 0.6 is 0 Å². The normalized spacial score (nSPS) is 17.3. The van der Waals surface area contributed by atoms with Crippen LogP contribution in [0.3, 0.4) is 0 Å². The molecule has 1 aliphatic rings. The van der Waals surface area contributed by atoms with Crippen molar-refractivity contribution in [1.29, 1.82) is 0 Å². The predicted octanol–water partition coefficient (Wildman–Crippen LogP) is 2.77. The molecule has 1 heterocycles. The summed E-state index contributed by atoms with van der Waals surface area (Å²) in [5.74, 6) is 0.892. The van der Waals surface area contributed by atoms with Crippen molar-refractivity contribution in [3.8, 4) is 0 Å². The summed E-state index contributed by atoms with van der Waals surface area (Å²) < 4.78 is 2.34. The molecule has 0 saturated heterocycles. The summed E-state index contributed by atoms with van der Waals surface area (Å²) >= 11 is 0. The van der Waals surface area contributed by atoms with Crippen LogP contribution in [0.15, 0.2) is 12.3 Å². The highest BCUT2D eigenvalue weighted by Crippen LogP contribution is 2.28. The van der Waals surface area contributed by atoms with E-state index in [1.54, 1.807) is 0 Å². The van der Waals surface area contributed by atoms with Crippen LogP contribution in [-0.4, -0.2) is 35.9 Å². The van der Waals surface area contributed by atoms with Crippen molar-refractivity contribution in [2.45, 2.75) is 39.2 Å². The van der Waals surface area contributed by atoms with Crippen LogP contribution in [0.5, 0.6) is 0 Å². The van der Waals surface area contributed by atoms with Crippen molar-refractivity contribution in [2.75, 3.05) is 20.6 Å². The van der Waals surface area contributed by atoms with Crippen LogP contribution in [0.25, 0.3) is 0 Å². The van der Waals surface area contributed by atoms with E-state index >= 15 is 0 Å². The van der Waals surface area contributed by atoms with E-state index in [-0.39, 0.29) is 0 Å². The number of ketones is 1. The molecule has 1 unspecified atom stereocenters. The Balaban J connectivity index is 2.34. The molecule has 0 fully saturated rings. The van der Waals surface area contributed by atoms with Gasteiger partial charge in [-0.2, -0.15) is 0 Å². The first kappa shape index (κ1) is 13.3. The standard InChI is InChI=1S/C15H24N2O/c1-11(2)14(10-16(3)4)17-9-8-12-13(17)6-5-7-15(12)18/h8-9,11,14H,5-7,10H2,1-4H3. The van der Waals surface area contributed by atoms with Gasteiger partial charge in [0.1, 0.15) is 0 Å². The average Bonchev–Trinajstić information content (AvgIpc) is 2.70. The molecule has 1 aliphatic carbocycles. The molecule has 0 aromatic carbocycles. The minimum atomic E-state index is 0.322. The fourth-order valence-corrected chi connectivity index (χ4v) is 2.85. The van der Waals surface area contributed by atoms with E-state index in [0.717, 1.165) is 31.4 Å². The molecule has 1 atom stereocenters. The van der Waals surface area contributed by atoms with Gasteiger partial charge in [-0.1, -0.05) is 13.8 Å². The van der Waals surface area contributed by atoms with Crippen molar-refractivity contribution in [2.24, 2.45) is 5.92 Å². The summed E-state index contributed by atoms with van der Waals surface area (Å²) in [6.07, 6.45) is 4.88. The Labute approximate surface area is 110 Å². The number of fused-ring (bicyclic) bond motifs is 1. The van der Waals surface area contributed by atoms with Crippen LogP contribution in [0.4, 0.5) is 0 Å². The van der Waals surface area contributed by atoms with Crippen molar-refractivity contribution in [3.63, 3.8) is 0 Å². The van der Waals surface area contributed by atoms with Crippen LogP contribution in [0.1, 0.15) is 48.8 Å². The zero-order chi connectivity index (χ0) is 13.3. The quantitative estimate of drug-likeness (QED) is 0.818. The molecule has 0 bridgehead atoms. The minimum absolute atomic E-state index is 0.322. The van der Waals surface area contributed by atoms with E-state index in [4.69, 9.17) is 0 Å². The molecule has 1 aromatic heterocycles. The summed E-state index contributed by atoms with van der Waals surface area (Å²) in [6.45, 7) is 5.53. The zero-order valence-corrected chi connectivity index (χ0v) is 11.9. The fourth-order valence-electron chi connectivity index (χ4n) is 2.85. The number of rotatable bonds is 4. The van der Waals surface area contributed by atoms with E-state index in [9.17, 15) is 4.79 Å². The summed E-state index contributed by atoms with van der Waals surface area (Å²) in [7, 11) is 4.22. The maximum Gasteiger partial charge on any atom is 0.164 e. The number of hydrogen-bond donors (Lipinski definition) is 0. The maximum absolute atomic E-state index is 11.9. The van der Waals surface area contributed by atoms with Crippen LogP contribution < -0.4 is 0 Å². The number of carbonyl (C=O) groups is 1. The number of aromatic nitrogens is 1. The van der Waals surface area contributed by atoms with Gasteiger partial charge in [0, 0.05) is 36.5 Å². The van der Waals surface area contributed by atoms with Crippen molar-refractivity contribution in [3.05, 3.63) is 23.5 Å². The Kier molecular flexibility index (Phi) is 3.91. The van der Waals surface area contributed by atoms with Crippen molar-refractivity contribution in [1.82, 2.24) is 9.47 Å². The van der Waals surface area contributed by atoms with E-state index in [0.29, 0.717) is 17.7 Å². The number of carbonyl (C=O) groups excluding carboxylic acids is 1. The lowest BCUT2D eigenvalue weighted by atomic mass is 9.95. The molecule has 0 spiro atoms. The first-order chi connectivity index (χ1) is 8.50. The minimum Gasteiger partial charge on any atom is -0.346 e. The molecule has 3 heteroatoms. The first-order valence-corrected chi connectivity index (χ1v) is 6.88. The van der Waals surface area contributed by atoms with E-state index < -0.39 is 0 Å².